The molecular formula is C30H23ClN2O5S. The molecule has 0 spiro atoms. The molecule has 1 amide bonds. The number of hydrogen-bond acceptors (Lipinski definition) is 7. The maximum atomic E-state index is 13.9. The van der Waals surface area contributed by atoms with E-state index in [2.05, 4.69) is 4.98 Å². The van der Waals surface area contributed by atoms with Gasteiger partial charge in [-0.1, -0.05) is 48.0 Å². The quantitative estimate of drug-likeness (QED) is 0.226. The monoisotopic (exact) mass is 558 g/mol. The van der Waals surface area contributed by atoms with Crippen LogP contribution >= 0.6 is 22.9 Å². The zero-order valence-corrected chi connectivity index (χ0v) is 22.9. The predicted molar refractivity (Wildman–Crippen MR) is 152 cm³/mol. The third kappa shape index (κ3) is 4.35. The molecule has 0 saturated carbocycles. The van der Waals surface area contributed by atoms with E-state index in [0.29, 0.717) is 44.8 Å². The lowest BCUT2D eigenvalue weighted by Crippen LogP contribution is -2.29. The Balaban J connectivity index is 1.50. The summed E-state index contributed by atoms with van der Waals surface area (Å²) in [6.45, 7) is 4.20. The van der Waals surface area contributed by atoms with Crippen molar-refractivity contribution in [1.82, 2.24) is 4.98 Å². The number of anilines is 1. The van der Waals surface area contributed by atoms with E-state index in [1.165, 1.54) is 16.2 Å². The van der Waals surface area contributed by atoms with Gasteiger partial charge in [-0.15, -0.1) is 11.3 Å². The number of aromatic nitrogens is 1. The van der Waals surface area contributed by atoms with Gasteiger partial charge in [-0.3, -0.25) is 14.5 Å². The first kappa shape index (κ1) is 25.2. The van der Waals surface area contributed by atoms with E-state index in [1.807, 2.05) is 50.2 Å². The lowest BCUT2D eigenvalue weighted by molar-refractivity contribution is 0.0971. The van der Waals surface area contributed by atoms with Gasteiger partial charge in [0.25, 0.3) is 5.91 Å². The maximum Gasteiger partial charge on any atom is 0.297 e. The molecule has 0 aliphatic carbocycles. The fourth-order valence-electron chi connectivity index (χ4n) is 4.73. The Morgan fingerprint density at radius 3 is 2.54 bits per heavy atom. The number of aryl methyl sites for hydroxylation is 2. The zero-order chi connectivity index (χ0) is 27.3. The minimum atomic E-state index is -0.783. The number of fused-ring (bicyclic) bond motifs is 2. The van der Waals surface area contributed by atoms with E-state index in [9.17, 15) is 9.59 Å². The van der Waals surface area contributed by atoms with E-state index in [4.69, 9.17) is 25.5 Å². The summed E-state index contributed by atoms with van der Waals surface area (Å²) in [6, 6.07) is 19.2. The van der Waals surface area contributed by atoms with Crippen LogP contribution in [0.4, 0.5) is 5.13 Å². The first-order valence-electron chi connectivity index (χ1n) is 12.2. The molecule has 196 valence electrons. The molecule has 1 aliphatic rings. The van der Waals surface area contributed by atoms with Gasteiger partial charge in [0, 0.05) is 9.90 Å². The third-order valence-electron chi connectivity index (χ3n) is 6.80. The molecular weight excluding hydrogens is 536 g/mol. The van der Waals surface area contributed by atoms with E-state index < -0.39 is 11.9 Å². The van der Waals surface area contributed by atoms with Crippen molar-refractivity contribution in [2.75, 3.05) is 12.0 Å². The summed E-state index contributed by atoms with van der Waals surface area (Å²) in [4.78, 5) is 34.8. The first-order valence-corrected chi connectivity index (χ1v) is 13.4. The second-order valence-corrected chi connectivity index (χ2v) is 10.8. The summed E-state index contributed by atoms with van der Waals surface area (Å²) in [5, 5.41) is 1.19. The van der Waals surface area contributed by atoms with Crippen molar-refractivity contribution < 1.29 is 18.7 Å². The Hall–Kier alpha value is -4.14. The highest BCUT2D eigenvalue weighted by atomic mass is 35.5. The number of amides is 1. The molecule has 5 aromatic rings. The van der Waals surface area contributed by atoms with Crippen LogP contribution in [0.3, 0.4) is 0 Å². The summed E-state index contributed by atoms with van der Waals surface area (Å²) in [5.74, 6) is 0.582. The molecule has 2 aromatic heterocycles. The van der Waals surface area contributed by atoms with Crippen molar-refractivity contribution in [3.05, 3.63) is 115 Å². The Morgan fingerprint density at radius 1 is 1.03 bits per heavy atom. The standard InChI is InChI=1S/C30H23ClN2O5S/c1-16-17(2)39-30(32-16)33-26(25-27(34)21-14-20(31)10-12-22(21)38-28(25)29(33)35)19-9-11-23(24(13-19)36-3)37-15-18-7-5-4-6-8-18/h4-14,26H,15H2,1-3H3/t26-/m1/s1. The number of carbonyl (C=O) groups is 1. The van der Waals surface area contributed by atoms with Crippen LogP contribution in [0.15, 0.2) is 75.9 Å². The smallest absolute Gasteiger partial charge is 0.297 e. The van der Waals surface area contributed by atoms with Crippen LogP contribution < -0.4 is 19.8 Å². The Morgan fingerprint density at radius 2 is 1.82 bits per heavy atom. The highest BCUT2D eigenvalue weighted by Gasteiger charge is 2.45. The normalized spacial score (nSPS) is 14.6. The van der Waals surface area contributed by atoms with Gasteiger partial charge in [0.05, 0.1) is 29.8 Å². The molecule has 6 rings (SSSR count). The zero-order valence-electron chi connectivity index (χ0n) is 21.4. The lowest BCUT2D eigenvalue weighted by atomic mass is 9.98. The van der Waals surface area contributed by atoms with Crippen LogP contribution in [0, 0.1) is 13.8 Å². The molecule has 0 N–H and O–H groups in total. The molecule has 0 fully saturated rings. The van der Waals surface area contributed by atoms with E-state index >= 15 is 0 Å². The Kier molecular flexibility index (Phi) is 6.37. The fourth-order valence-corrected chi connectivity index (χ4v) is 5.83. The molecule has 0 radical (unpaired) electrons. The van der Waals surface area contributed by atoms with Gasteiger partial charge in [-0.2, -0.15) is 0 Å². The average molecular weight is 559 g/mol. The molecule has 0 unspecified atom stereocenters. The van der Waals surface area contributed by atoms with Gasteiger partial charge in [0.1, 0.15) is 12.2 Å². The highest BCUT2D eigenvalue weighted by molar-refractivity contribution is 7.15. The predicted octanol–water partition coefficient (Wildman–Crippen LogP) is 6.86. The fraction of sp³-hybridized carbons (Fsp3) is 0.167. The number of rotatable bonds is 6. The van der Waals surface area contributed by atoms with Crippen molar-refractivity contribution in [2.45, 2.75) is 26.5 Å². The molecule has 39 heavy (non-hydrogen) atoms. The number of ether oxygens (including phenoxy) is 2. The number of halogens is 1. The van der Waals surface area contributed by atoms with Crippen LogP contribution in [0.1, 0.15) is 43.9 Å². The number of carbonyl (C=O) groups excluding carboxylic acids is 1. The summed E-state index contributed by atoms with van der Waals surface area (Å²) in [7, 11) is 1.55. The third-order valence-corrected chi connectivity index (χ3v) is 8.10. The highest BCUT2D eigenvalue weighted by Crippen LogP contribution is 2.44. The van der Waals surface area contributed by atoms with Gasteiger partial charge in [0.2, 0.25) is 5.76 Å². The van der Waals surface area contributed by atoms with Gasteiger partial charge in [-0.05, 0) is 55.3 Å². The van der Waals surface area contributed by atoms with Crippen LogP contribution in [-0.4, -0.2) is 18.0 Å². The second-order valence-electron chi connectivity index (χ2n) is 9.21. The Labute approximate surface area is 233 Å². The molecule has 3 aromatic carbocycles. The molecule has 3 heterocycles. The van der Waals surface area contributed by atoms with Crippen LogP contribution in [0.5, 0.6) is 11.5 Å². The number of hydrogen-bond donors (Lipinski definition) is 0. The van der Waals surface area contributed by atoms with Crippen LogP contribution in [-0.2, 0) is 6.61 Å². The van der Waals surface area contributed by atoms with Crippen molar-refractivity contribution in [3.8, 4) is 11.5 Å². The van der Waals surface area contributed by atoms with Gasteiger partial charge in [-0.25, -0.2) is 4.98 Å². The van der Waals surface area contributed by atoms with Crippen molar-refractivity contribution in [3.63, 3.8) is 0 Å². The van der Waals surface area contributed by atoms with E-state index in [0.717, 1.165) is 16.1 Å². The number of benzene rings is 3. The second kappa shape index (κ2) is 9.87. The molecule has 1 aliphatic heterocycles. The lowest BCUT2D eigenvalue weighted by Gasteiger charge is -2.23. The Bertz CT molecular complexity index is 1780. The summed E-state index contributed by atoms with van der Waals surface area (Å²) in [5.41, 5.74) is 2.71. The van der Waals surface area contributed by atoms with Crippen molar-refractivity contribution >= 4 is 44.9 Å². The molecule has 0 saturated heterocycles. The van der Waals surface area contributed by atoms with Gasteiger partial charge >= 0.3 is 0 Å². The largest absolute Gasteiger partial charge is 0.493 e. The first-order chi connectivity index (χ1) is 18.9. The van der Waals surface area contributed by atoms with E-state index in [1.54, 1.807) is 37.4 Å². The summed E-state index contributed by atoms with van der Waals surface area (Å²) in [6.07, 6.45) is 0. The number of nitrogens with zero attached hydrogens (tertiary/aromatic N) is 2. The number of methoxy groups -OCH3 is 1. The SMILES string of the molecule is COc1cc([C@@H]2c3c(oc4ccc(Cl)cc4c3=O)C(=O)N2c2nc(C)c(C)s2)ccc1OCc1ccccc1. The molecule has 0 bridgehead atoms. The van der Waals surface area contributed by atoms with Gasteiger partial charge in [0.15, 0.2) is 22.1 Å². The van der Waals surface area contributed by atoms with E-state index in [-0.39, 0.29) is 16.8 Å². The van der Waals surface area contributed by atoms with Crippen molar-refractivity contribution in [1.29, 1.82) is 0 Å². The van der Waals surface area contributed by atoms with Gasteiger partial charge < -0.3 is 13.9 Å². The van der Waals surface area contributed by atoms with Crippen LogP contribution in [0.25, 0.3) is 11.0 Å². The number of thiazole rings is 1. The molecule has 9 heteroatoms. The summed E-state index contributed by atoms with van der Waals surface area (Å²) >= 11 is 7.59. The average Bonchev–Trinajstić information content (AvgIpc) is 3.43. The maximum absolute atomic E-state index is 13.9. The van der Waals surface area contributed by atoms with Crippen molar-refractivity contribution in [2.24, 2.45) is 0 Å². The van der Waals surface area contributed by atoms with Crippen LogP contribution in [0.2, 0.25) is 5.02 Å². The topological polar surface area (TPSA) is 81.9 Å². The minimum Gasteiger partial charge on any atom is -0.493 e. The minimum absolute atomic E-state index is 0.00583. The summed E-state index contributed by atoms with van der Waals surface area (Å²) < 4.78 is 17.7. The molecule has 1 atom stereocenters. The molecule has 7 nitrogen and oxygen atoms in total.